The molecule has 3 rings (SSSR count). The largest absolute Gasteiger partial charge is 0.289 e. The molecule has 0 N–H and O–H groups in total. The van der Waals surface area contributed by atoms with Gasteiger partial charge in [0.25, 0.3) is 0 Å². The third kappa shape index (κ3) is 2.91. The monoisotopic (exact) mass is 290 g/mol. The summed E-state index contributed by atoms with van der Waals surface area (Å²) in [6.45, 7) is 0. The zero-order valence-corrected chi connectivity index (χ0v) is 12.3. The van der Waals surface area contributed by atoms with Crippen LogP contribution >= 0.6 is 12.2 Å². The second kappa shape index (κ2) is 5.98. The van der Waals surface area contributed by atoms with Crippen molar-refractivity contribution < 1.29 is 4.79 Å². The summed E-state index contributed by atoms with van der Waals surface area (Å²) in [4.78, 5) is 13.6. The number of rotatable bonds is 3. The van der Waals surface area contributed by atoms with Gasteiger partial charge < -0.3 is 0 Å². The number of carbonyl (C=O) groups excluding carboxylic acids is 1. The van der Waals surface area contributed by atoms with Gasteiger partial charge in [-0.25, -0.2) is 0 Å². The van der Waals surface area contributed by atoms with Gasteiger partial charge in [0.1, 0.15) is 0 Å². The highest BCUT2D eigenvalue weighted by molar-refractivity contribution is 7.80. The van der Waals surface area contributed by atoms with Crippen molar-refractivity contribution in [2.24, 2.45) is 0 Å². The maximum Gasteiger partial charge on any atom is 0.193 e. The minimum Gasteiger partial charge on any atom is -0.289 e. The van der Waals surface area contributed by atoms with Crippen molar-refractivity contribution in [1.82, 2.24) is 0 Å². The third-order valence-corrected chi connectivity index (χ3v) is 3.79. The smallest absolute Gasteiger partial charge is 0.193 e. The van der Waals surface area contributed by atoms with Gasteiger partial charge in [-0.1, -0.05) is 79.0 Å². The van der Waals surface area contributed by atoms with Gasteiger partial charge in [-0.2, -0.15) is 0 Å². The van der Waals surface area contributed by atoms with E-state index in [1.165, 1.54) is 0 Å². The fourth-order valence-electron chi connectivity index (χ4n) is 2.41. The Bertz CT molecular complexity index is 754. The van der Waals surface area contributed by atoms with Crippen LogP contribution < -0.4 is 0 Å². The van der Waals surface area contributed by atoms with E-state index in [0.29, 0.717) is 5.56 Å². The molecule has 0 aliphatic heterocycles. The molecule has 0 heterocycles. The van der Waals surface area contributed by atoms with Crippen LogP contribution in [0, 0.1) is 0 Å². The average molecular weight is 290 g/mol. The SMILES string of the molecule is O=C(c1ccccc1)c1ccccc1C1=CCC(=S)C=C1. The Kier molecular flexibility index (Phi) is 3.89. The minimum absolute atomic E-state index is 0.0497. The fraction of sp³-hybridized carbons (Fsp3) is 0.0526. The van der Waals surface area contributed by atoms with Gasteiger partial charge in [0.15, 0.2) is 5.78 Å². The molecule has 0 amide bonds. The zero-order valence-electron chi connectivity index (χ0n) is 11.5. The van der Waals surface area contributed by atoms with Crippen LogP contribution in [0.5, 0.6) is 0 Å². The summed E-state index contributed by atoms with van der Waals surface area (Å²) in [7, 11) is 0. The molecule has 0 radical (unpaired) electrons. The van der Waals surface area contributed by atoms with Crippen molar-refractivity contribution in [2.75, 3.05) is 0 Å². The molecule has 0 unspecified atom stereocenters. The quantitative estimate of drug-likeness (QED) is 0.605. The molecule has 0 saturated heterocycles. The molecule has 0 fully saturated rings. The number of carbonyl (C=O) groups is 1. The number of ketones is 1. The summed E-state index contributed by atoms with van der Waals surface area (Å²) in [5.74, 6) is 0.0497. The van der Waals surface area contributed by atoms with E-state index >= 15 is 0 Å². The standard InChI is InChI=1S/C19H14OS/c20-19(15-6-2-1-3-7-15)18-9-5-4-8-17(18)14-10-12-16(21)13-11-14/h1-12H,13H2. The topological polar surface area (TPSA) is 17.1 Å². The van der Waals surface area contributed by atoms with Crippen LogP contribution in [-0.4, -0.2) is 10.6 Å². The highest BCUT2D eigenvalue weighted by Gasteiger charge is 2.15. The molecule has 0 spiro atoms. The Labute approximate surface area is 129 Å². The Morgan fingerprint density at radius 3 is 2.33 bits per heavy atom. The molecule has 0 aromatic heterocycles. The molecular formula is C19H14OS. The summed E-state index contributed by atoms with van der Waals surface area (Å²) in [6.07, 6.45) is 6.77. The minimum atomic E-state index is 0.0497. The highest BCUT2D eigenvalue weighted by Crippen LogP contribution is 2.25. The maximum absolute atomic E-state index is 12.7. The summed E-state index contributed by atoms with van der Waals surface area (Å²) in [6, 6.07) is 17.1. The molecule has 2 aromatic rings. The van der Waals surface area contributed by atoms with Crippen LogP contribution in [0.3, 0.4) is 0 Å². The first kappa shape index (κ1) is 13.7. The summed E-state index contributed by atoms with van der Waals surface area (Å²) in [5, 5.41) is 0. The molecule has 102 valence electrons. The summed E-state index contributed by atoms with van der Waals surface area (Å²) < 4.78 is 0. The predicted molar refractivity (Wildman–Crippen MR) is 90.6 cm³/mol. The lowest BCUT2D eigenvalue weighted by molar-refractivity contribution is 0.103. The van der Waals surface area contributed by atoms with Crippen LogP contribution in [0.15, 0.2) is 72.8 Å². The van der Waals surface area contributed by atoms with Crippen LogP contribution in [0.2, 0.25) is 0 Å². The predicted octanol–water partition coefficient (Wildman–Crippen LogP) is 4.63. The second-order valence-corrected chi connectivity index (χ2v) is 5.43. The van der Waals surface area contributed by atoms with E-state index in [4.69, 9.17) is 12.2 Å². The Morgan fingerprint density at radius 2 is 1.62 bits per heavy atom. The number of hydrogen-bond donors (Lipinski definition) is 0. The van der Waals surface area contributed by atoms with Gasteiger partial charge in [0, 0.05) is 22.4 Å². The van der Waals surface area contributed by atoms with Gasteiger partial charge in [0.05, 0.1) is 0 Å². The van der Waals surface area contributed by atoms with E-state index in [2.05, 4.69) is 6.08 Å². The van der Waals surface area contributed by atoms with Crippen molar-refractivity contribution in [3.05, 3.63) is 89.5 Å². The van der Waals surface area contributed by atoms with E-state index in [1.54, 1.807) is 0 Å². The molecule has 21 heavy (non-hydrogen) atoms. The van der Waals surface area contributed by atoms with Gasteiger partial charge in [0.2, 0.25) is 0 Å². The number of thiocarbonyl (C=S) groups is 1. The Hall–Kier alpha value is -2.32. The van der Waals surface area contributed by atoms with Crippen LogP contribution in [-0.2, 0) is 0 Å². The molecule has 1 aliphatic carbocycles. The summed E-state index contributed by atoms with van der Waals surface area (Å²) >= 11 is 5.17. The summed E-state index contributed by atoms with van der Waals surface area (Å²) in [5.41, 5.74) is 3.46. The molecule has 0 atom stereocenters. The number of hydrogen-bond acceptors (Lipinski definition) is 2. The molecule has 2 heteroatoms. The normalized spacial score (nSPS) is 13.9. The van der Waals surface area contributed by atoms with Crippen molar-refractivity contribution in [3.63, 3.8) is 0 Å². The van der Waals surface area contributed by atoms with Crippen LogP contribution in [0.4, 0.5) is 0 Å². The second-order valence-electron chi connectivity index (χ2n) is 4.90. The van der Waals surface area contributed by atoms with Gasteiger partial charge in [-0.15, -0.1) is 0 Å². The Balaban J connectivity index is 2.03. The van der Waals surface area contributed by atoms with Crippen LogP contribution in [0.25, 0.3) is 5.57 Å². The van der Waals surface area contributed by atoms with Crippen molar-refractivity contribution >= 4 is 28.4 Å². The molecule has 2 aromatic carbocycles. The van der Waals surface area contributed by atoms with Gasteiger partial charge in [-0.05, 0) is 17.2 Å². The fourth-order valence-corrected chi connectivity index (χ4v) is 2.56. The van der Waals surface area contributed by atoms with E-state index in [0.717, 1.165) is 28.0 Å². The lowest BCUT2D eigenvalue weighted by Crippen LogP contribution is -2.05. The molecule has 1 aliphatic rings. The van der Waals surface area contributed by atoms with Crippen LogP contribution in [0.1, 0.15) is 27.9 Å². The van der Waals surface area contributed by atoms with Crippen molar-refractivity contribution in [2.45, 2.75) is 6.42 Å². The third-order valence-electron chi connectivity index (χ3n) is 3.49. The molecule has 0 saturated carbocycles. The highest BCUT2D eigenvalue weighted by atomic mass is 32.1. The molecule has 1 nitrogen and oxygen atoms in total. The number of allylic oxidation sites excluding steroid dienone is 4. The first-order chi connectivity index (χ1) is 10.3. The van der Waals surface area contributed by atoms with Crippen molar-refractivity contribution in [1.29, 1.82) is 0 Å². The molecular weight excluding hydrogens is 276 g/mol. The van der Waals surface area contributed by atoms with Gasteiger partial charge >= 0.3 is 0 Å². The zero-order chi connectivity index (χ0) is 14.7. The van der Waals surface area contributed by atoms with E-state index in [9.17, 15) is 4.79 Å². The molecule has 0 bridgehead atoms. The number of benzene rings is 2. The van der Waals surface area contributed by atoms with E-state index in [-0.39, 0.29) is 5.78 Å². The van der Waals surface area contributed by atoms with Gasteiger partial charge in [-0.3, -0.25) is 4.79 Å². The lowest BCUT2D eigenvalue weighted by atomic mass is 9.91. The lowest BCUT2D eigenvalue weighted by Gasteiger charge is -2.12. The van der Waals surface area contributed by atoms with E-state index in [1.807, 2.05) is 66.7 Å². The maximum atomic E-state index is 12.7. The average Bonchev–Trinajstić information content (AvgIpc) is 2.56. The van der Waals surface area contributed by atoms with Crippen molar-refractivity contribution in [3.8, 4) is 0 Å². The first-order valence-electron chi connectivity index (χ1n) is 6.86. The van der Waals surface area contributed by atoms with E-state index < -0.39 is 0 Å². The first-order valence-corrected chi connectivity index (χ1v) is 7.27. The Morgan fingerprint density at radius 1 is 0.905 bits per heavy atom.